The number of thiazole rings is 1. The van der Waals surface area contributed by atoms with Gasteiger partial charge in [0.05, 0.1) is 10.7 Å². The van der Waals surface area contributed by atoms with Crippen molar-refractivity contribution in [1.82, 2.24) is 25.8 Å². The number of rotatable bonds is 7. The molecule has 0 saturated heterocycles. The molecule has 3 rings (SSSR count). The van der Waals surface area contributed by atoms with Crippen molar-refractivity contribution in [2.24, 2.45) is 4.99 Å². The molecule has 1 aromatic carbocycles. The number of nitrogens with zero attached hydrogens (tertiary/aromatic N) is 4. The zero-order chi connectivity index (χ0) is 19.1. The van der Waals surface area contributed by atoms with E-state index >= 15 is 0 Å². The van der Waals surface area contributed by atoms with Gasteiger partial charge in [-0.2, -0.15) is 4.98 Å². The summed E-state index contributed by atoms with van der Waals surface area (Å²) in [6, 6.07) is 7.29. The van der Waals surface area contributed by atoms with Crippen LogP contribution in [0.5, 0.6) is 0 Å². The Bertz CT molecular complexity index is 889. The lowest BCUT2D eigenvalue weighted by molar-refractivity contribution is 0.380. The minimum Gasteiger partial charge on any atom is -0.357 e. The third-order valence-electron chi connectivity index (χ3n) is 3.63. The molecule has 7 nitrogen and oxygen atoms in total. The maximum absolute atomic E-state index is 5.90. The van der Waals surface area contributed by atoms with E-state index in [0.717, 1.165) is 35.8 Å². The Balaban J connectivity index is 1.57. The number of hydrogen-bond donors (Lipinski definition) is 2. The fraction of sp³-hybridized carbons (Fsp3) is 0.333. The highest BCUT2D eigenvalue weighted by molar-refractivity contribution is 7.09. The van der Waals surface area contributed by atoms with Crippen LogP contribution in [0.25, 0.3) is 11.4 Å². The summed E-state index contributed by atoms with van der Waals surface area (Å²) in [5.74, 6) is 1.68. The molecule has 0 atom stereocenters. The Kier molecular flexibility index (Phi) is 6.78. The highest BCUT2D eigenvalue weighted by atomic mass is 35.5. The van der Waals surface area contributed by atoms with Crippen molar-refractivity contribution in [3.05, 3.63) is 51.3 Å². The summed E-state index contributed by atoms with van der Waals surface area (Å²) in [6.45, 7) is 5.84. The molecule has 2 N–H and O–H groups in total. The molecule has 0 fully saturated rings. The van der Waals surface area contributed by atoms with E-state index in [1.54, 1.807) is 23.5 Å². The molecule has 27 heavy (non-hydrogen) atoms. The Morgan fingerprint density at radius 3 is 2.74 bits per heavy atom. The molecule has 0 amide bonds. The van der Waals surface area contributed by atoms with Gasteiger partial charge in [-0.15, -0.1) is 11.3 Å². The molecule has 2 aromatic heterocycles. The van der Waals surface area contributed by atoms with Crippen molar-refractivity contribution in [3.8, 4) is 11.4 Å². The highest BCUT2D eigenvalue weighted by Crippen LogP contribution is 2.18. The van der Waals surface area contributed by atoms with Crippen LogP contribution in [0.3, 0.4) is 0 Å². The van der Waals surface area contributed by atoms with Gasteiger partial charge < -0.3 is 15.2 Å². The fourth-order valence-electron chi connectivity index (χ4n) is 2.36. The molecule has 0 unspecified atom stereocenters. The van der Waals surface area contributed by atoms with Gasteiger partial charge in [0.25, 0.3) is 0 Å². The van der Waals surface area contributed by atoms with Crippen LogP contribution in [-0.2, 0) is 13.0 Å². The number of hydrogen-bond acceptors (Lipinski definition) is 6. The van der Waals surface area contributed by atoms with Gasteiger partial charge in [-0.05, 0) is 38.1 Å². The molecule has 2 heterocycles. The predicted molar refractivity (Wildman–Crippen MR) is 108 cm³/mol. The predicted octanol–water partition coefficient (Wildman–Crippen LogP) is 3.45. The van der Waals surface area contributed by atoms with Crippen LogP contribution in [0.4, 0.5) is 0 Å². The van der Waals surface area contributed by atoms with E-state index in [2.05, 4.69) is 36.1 Å². The van der Waals surface area contributed by atoms with Gasteiger partial charge in [-0.25, -0.2) is 9.98 Å². The first-order chi connectivity index (χ1) is 13.1. The first kappa shape index (κ1) is 19.3. The summed E-state index contributed by atoms with van der Waals surface area (Å²) in [4.78, 5) is 13.3. The van der Waals surface area contributed by atoms with Crippen molar-refractivity contribution in [3.63, 3.8) is 0 Å². The lowest BCUT2D eigenvalue weighted by atomic mass is 10.2. The van der Waals surface area contributed by atoms with E-state index in [1.807, 2.05) is 26.0 Å². The second-order valence-corrected chi connectivity index (χ2v) is 7.25. The van der Waals surface area contributed by atoms with E-state index in [-0.39, 0.29) is 0 Å². The van der Waals surface area contributed by atoms with Crippen LogP contribution in [0.15, 0.2) is 39.2 Å². The SMILES string of the molecule is CCNC(=NCc1nc(-c2ccc(Cl)cc2)no1)NCCc1csc(C)n1. The molecule has 0 aliphatic heterocycles. The first-order valence-electron chi connectivity index (χ1n) is 8.65. The van der Waals surface area contributed by atoms with Gasteiger partial charge in [0.1, 0.15) is 6.54 Å². The van der Waals surface area contributed by atoms with Gasteiger partial charge in [0.2, 0.25) is 11.7 Å². The minimum atomic E-state index is 0.297. The summed E-state index contributed by atoms with van der Waals surface area (Å²) in [5.41, 5.74) is 1.94. The Hall–Kier alpha value is -2.45. The van der Waals surface area contributed by atoms with E-state index < -0.39 is 0 Å². The van der Waals surface area contributed by atoms with E-state index in [1.165, 1.54) is 0 Å². The summed E-state index contributed by atoms with van der Waals surface area (Å²) >= 11 is 7.56. The van der Waals surface area contributed by atoms with Crippen LogP contribution in [-0.4, -0.2) is 34.2 Å². The van der Waals surface area contributed by atoms with Crippen molar-refractivity contribution >= 4 is 28.9 Å². The van der Waals surface area contributed by atoms with Crippen LogP contribution in [0.2, 0.25) is 5.02 Å². The van der Waals surface area contributed by atoms with Crippen LogP contribution >= 0.6 is 22.9 Å². The Morgan fingerprint density at radius 2 is 2.04 bits per heavy atom. The zero-order valence-corrected chi connectivity index (χ0v) is 16.8. The minimum absolute atomic E-state index is 0.297. The van der Waals surface area contributed by atoms with Crippen molar-refractivity contribution in [2.45, 2.75) is 26.8 Å². The second kappa shape index (κ2) is 9.48. The number of benzene rings is 1. The molecule has 3 aromatic rings. The number of halogens is 1. The summed E-state index contributed by atoms with van der Waals surface area (Å²) in [5, 5.41) is 14.3. The maximum atomic E-state index is 5.90. The molecule has 0 radical (unpaired) electrons. The number of aromatic nitrogens is 3. The number of guanidine groups is 1. The molecule has 0 saturated carbocycles. The van der Waals surface area contributed by atoms with E-state index in [4.69, 9.17) is 16.1 Å². The van der Waals surface area contributed by atoms with E-state index in [9.17, 15) is 0 Å². The molecule has 0 aliphatic rings. The van der Waals surface area contributed by atoms with Crippen molar-refractivity contribution in [1.29, 1.82) is 0 Å². The lowest BCUT2D eigenvalue weighted by Gasteiger charge is -2.09. The first-order valence-corrected chi connectivity index (χ1v) is 9.91. The number of nitrogens with one attached hydrogen (secondary N) is 2. The smallest absolute Gasteiger partial charge is 0.248 e. The quantitative estimate of drug-likeness (QED) is 0.463. The van der Waals surface area contributed by atoms with Crippen molar-refractivity contribution < 1.29 is 4.52 Å². The molecule has 142 valence electrons. The monoisotopic (exact) mass is 404 g/mol. The zero-order valence-electron chi connectivity index (χ0n) is 15.2. The highest BCUT2D eigenvalue weighted by Gasteiger charge is 2.09. The molecule has 9 heteroatoms. The molecular formula is C18H21ClN6OS. The largest absolute Gasteiger partial charge is 0.357 e. The molecule has 0 aliphatic carbocycles. The van der Waals surface area contributed by atoms with Crippen molar-refractivity contribution in [2.75, 3.05) is 13.1 Å². The molecular weight excluding hydrogens is 384 g/mol. The molecule has 0 spiro atoms. The number of aryl methyl sites for hydroxylation is 1. The Labute approximate surface area is 166 Å². The third-order valence-corrected chi connectivity index (χ3v) is 4.70. The number of aliphatic imine (C=N–C) groups is 1. The second-order valence-electron chi connectivity index (χ2n) is 5.75. The van der Waals surface area contributed by atoms with E-state index in [0.29, 0.717) is 29.2 Å². The van der Waals surface area contributed by atoms with Gasteiger partial charge in [-0.3, -0.25) is 0 Å². The van der Waals surface area contributed by atoms with Gasteiger partial charge in [-0.1, -0.05) is 16.8 Å². The van der Waals surface area contributed by atoms with Gasteiger partial charge in [0.15, 0.2) is 5.96 Å². The van der Waals surface area contributed by atoms with Crippen LogP contribution in [0, 0.1) is 6.92 Å². The van der Waals surface area contributed by atoms with Crippen LogP contribution < -0.4 is 10.6 Å². The summed E-state index contributed by atoms with van der Waals surface area (Å²) < 4.78 is 5.29. The lowest BCUT2D eigenvalue weighted by Crippen LogP contribution is -2.38. The van der Waals surface area contributed by atoms with Crippen LogP contribution in [0.1, 0.15) is 23.5 Å². The topological polar surface area (TPSA) is 88.2 Å². The van der Waals surface area contributed by atoms with Gasteiger partial charge in [0, 0.05) is 35.5 Å². The Morgan fingerprint density at radius 1 is 1.22 bits per heavy atom. The average molecular weight is 405 g/mol. The fourth-order valence-corrected chi connectivity index (χ4v) is 3.13. The third kappa shape index (κ3) is 5.77. The normalized spacial score (nSPS) is 11.6. The average Bonchev–Trinajstić information content (AvgIpc) is 3.29. The maximum Gasteiger partial charge on any atom is 0.248 e. The molecule has 0 bridgehead atoms. The standard InChI is InChI=1S/C18H21ClN6OS/c1-3-20-18(21-9-8-15-11-27-12(2)23-15)22-10-16-24-17(25-26-16)13-4-6-14(19)7-5-13/h4-7,11H,3,8-10H2,1-2H3,(H2,20,21,22). The summed E-state index contributed by atoms with van der Waals surface area (Å²) in [6.07, 6.45) is 0.843. The summed E-state index contributed by atoms with van der Waals surface area (Å²) in [7, 11) is 0. The van der Waals surface area contributed by atoms with Gasteiger partial charge >= 0.3 is 0 Å².